The molecular weight excluding hydrogens is 797 g/mol. The molecule has 4 bridgehead atoms. The number of anilines is 1. The number of hydrogen-bond donors (Lipinski definition) is 5. The van der Waals surface area contributed by atoms with Crippen LogP contribution in [0.5, 0.6) is 0 Å². The van der Waals surface area contributed by atoms with Gasteiger partial charge in [-0.15, -0.1) is 0 Å². The molecule has 4 aliphatic heterocycles. The second-order valence-electron chi connectivity index (χ2n) is 17.8. The van der Waals surface area contributed by atoms with Crippen LogP contribution in [0.3, 0.4) is 0 Å². The third-order valence-electron chi connectivity index (χ3n) is 13.1. The first-order valence-corrected chi connectivity index (χ1v) is 21.7. The van der Waals surface area contributed by atoms with Gasteiger partial charge in [0.2, 0.25) is 29.5 Å². The molecule has 5 heterocycles. The summed E-state index contributed by atoms with van der Waals surface area (Å²) >= 11 is 0. The molecule has 0 unspecified atom stereocenters. The molecule has 8 atom stereocenters. The number of nitrogens with one attached hydrogen (secondary N) is 4. The number of benzene rings is 4. The Kier molecular flexibility index (Phi) is 10.9. The minimum atomic E-state index is -1.18. The number of nitrogens with two attached hydrogens (primary N) is 1. The van der Waals surface area contributed by atoms with Crippen LogP contribution < -0.4 is 31.9 Å². The molecule has 324 valence electrons. The van der Waals surface area contributed by atoms with Crippen molar-refractivity contribution in [3.63, 3.8) is 0 Å². The van der Waals surface area contributed by atoms with E-state index >= 15 is 4.79 Å². The van der Waals surface area contributed by atoms with E-state index in [0.717, 1.165) is 27.6 Å². The minimum Gasteiger partial charge on any atom is -0.343 e. The number of carbonyl (C=O) groups is 6. The molecule has 0 saturated carbocycles. The fourth-order valence-electron chi connectivity index (χ4n) is 10.2. The summed E-state index contributed by atoms with van der Waals surface area (Å²) in [5, 5.41) is 12.4. The smallest absolute Gasteiger partial charge is 0.252 e. The number of nitrogens with zero attached hydrogens (tertiary/aromatic N) is 3. The average Bonchev–Trinajstić information content (AvgIpc) is 3.89. The van der Waals surface area contributed by atoms with Crippen molar-refractivity contribution in [2.45, 2.75) is 101 Å². The summed E-state index contributed by atoms with van der Waals surface area (Å²) in [6.45, 7) is 5.36. The third-order valence-corrected chi connectivity index (χ3v) is 13.1. The Hall–Kier alpha value is -6.80. The minimum absolute atomic E-state index is 0.0118. The highest BCUT2D eigenvalue weighted by Crippen LogP contribution is 2.57. The van der Waals surface area contributed by atoms with Crippen LogP contribution >= 0.6 is 0 Å². The second-order valence-corrected chi connectivity index (χ2v) is 17.8. The number of aromatic nitrogens is 1. The van der Waals surface area contributed by atoms with Crippen molar-refractivity contribution in [1.82, 2.24) is 30.7 Å². The number of rotatable bonds is 8. The monoisotopic (exact) mass is 848 g/mol. The number of piperidine rings is 1. The van der Waals surface area contributed by atoms with Gasteiger partial charge in [0.25, 0.3) is 5.91 Å². The molecule has 0 radical (unpaired) electrons. The van der Waals surface area contributed by atoms with Crippen LogP contribution in [0, 0.1) is 5.92 Å². The molecule has 4 aliphatic rings. The highest BCUT2D eigenvalue weighted by Gasteiger charge is 2.68. The first-order chi connectivity index (χ1) is 30.3. The SMILES string of the molecule is CC(C)C[C@@H]1NC(=O)[C@H](C)NC(=O)[C@H](NC(=O)[C@@H](N)Cc2ccccc2)Cc2cn(c3ccccc23)[C@]23C[C@@H](NC1=O)C(=O)N1[C@@H](Cc4ccccc4)C(=O)N(c4ccccc42)[C@@H]13. The first-order valence-electron chi connectivity index (χ1n) is 21.7. The molecule has 6 amide bonds. The first kappa shape index (κ1) is 41.5. The summed E-state index contributed by atoms with van der Waals surface area (Å²) in [7, 11) is 0. The molecule has 5 aromatic rings. The van der Waals surface area contributed by atoms with Gasteiger partial charge in [-0.25, -0.2) is 0 Å². The Balaban J connectivity index is 1.22. The fourth-order valence-corrected chi connectivity index (χ4v) is 10.2. The van der Waals surface area contributed by atoms with Crippen LogP contribution in [0.15, 0.2) is 115 Å². The number of para-hydroxylation sites is 2. The highest BCUT2D eigenvalue weighted by molar-refractivity contribution is 6.08. The molecule has 1 aromatic heterocycles. The maximum atomic E-state index is 15.2. The predicted octanol–water partition coefficient (Wildman–Crippen LogP) is 3.05. The van der Waals surface area contributed by atoms with Crippen molar-refractivity contribution >= 4 is 52.0 Å². The average molecular weight is 849 g/mol. The molecule has 1 spiro atoms. The van der Waals surface area contributed by atoms with E-state index < -0.39 is 77.5 Å². The lowest BCUT2D eigenvalue weighted by atomic mass is 9.78. The van der Waals surface area contributed by atoms with Crippen molar-refractivity contribution in [3.05, 3.63) is 138 Å². The molecular formula is C49H52N8O6. The molecule has 14 nitrogen and oxygen atoms in total. The van der Waals surface area contributed by atoms with Crippen LogP contribution in [0.2, 0.25) is 0 Å². The van der Waals surface area contributed by atoms with Crippen molar-refractivity contribution in [3.8, 4) is 0 Å². The fraction of sp³-hybridized carbons (Fsp3) is 0.347. The van der Waals surface area contributed by atoms with Gasteiger partial charge in [0.05, 0.1) is 11.7 Å². The lowest BCUT2D eigenvalue weighted by Crippen LogP contribution is -2.68. The Morgan fingerprint density at radius 1 is 0.794 bits per heavy atom. The van der Waals surface area contributed by atoms with Gasteiger partial charge in [0, 0.05) is 41.9 Å². The van der Waals surface area contributed by atoms with E-state index in [-0.39, 0.29) is 43.9 Å². The van der Waals surface area contributed by atoms with E-state index in [0.29, 0.717) is 11.3 Å². The Morgan fingerprint density at radius 2 is 1.46 bits per heavy atom. The van der Waals surface area contributed by atoms with Gasteiger partial charge < -0.3 is 36.5 Å². The van der Waals surface area contributed by atoms with Crippen LogP contribution in [0.1, 0.15) is 55.9 Å². The quantitative estimate of drug-likeness (QED) is 0.159. The predicted molar refractivity (Wildman–Crippen MR) is 237 cm³/mol. The van der Waals surface area contributed by atoms with Gasteiger partial charge in [0.1, 0.15) is 41.9 Å². The zero-order valence-corrected chi connectivity index (χ0v) is 35.5. The number of amides is 6. The molecule has 9 rings (SSSR count). The van der Waals surface area contributed by atoms with Gasteiger partial charge in [-0.2, -0.15) is 0 Å². The van der Waals surface area contributed by atoms with Crippen molar-refractivity contribution < 1.29 is 28.8 Å². The molecule has 2 saturated heterocycles. The van der Waals surface area contributed by atoms with Gasteiger partial charge in [-0.3, -0.25) is 33.7 Å². The molecule has 6 N–H and O–H groups in total. The van der Waals surface area contributed by atoms with Crippen molar-refractivity contribution in [2.75, 3.05) is 4.90 Å². The number of fused-ring (bicyclic) bond motifs is 8. The molecule has 14 heteroatoms. The van der Waals surface area contributed by atoms with E-state index in [4.69, 9.17) is 5.73 Å². The standard InChI is InChI=1S/C49H52N8O6/c1-28(2)22-36-45(61)54-38-26-49(34-19-11-13-21-40(34)56-47(63)41(57(46(38)62)48(49)56)24-31-16-8-5-9-17-31)55-27-32(33-18-10-12-20-39(33)55)25-37(44(60)51-29(3)42(58)52-36)53-43(59)35(50)23-30-14-6-4-7-15-30/h4-21,27-29,35-38,41,48H,22-26,50H2,1-3H3,(H,51,60)(H,52,58)(H,53,59)(H,54,61)/t29-,35-,36-,37+,38+,41-,48-,49+/m0/s1. The van der Waals surface area contributed by atoms with Gasteiger partial charge in [-0.1, -0.05) is 111 Å². The van der Waals surface area contributed by atoms with E-state index in [1.165, 1.54) is 6.92 Å². The van der Waals surface area contributed by atoms with Crippen LogP contribution in [-0.4, -0.2) is 87.3 Å². The van der Waals surface area contributed by atoms with Crippen molar-refractivity contribution in [1.29, 1.82) is 0 Å². The lowest BCUT2D eigenvalue weighted by molar-refractivity contribution is -0.147. The van der Waals surface area contributed by atoms with E-state index in [9.17, 15) is 24.0 Å². The second kappa shape index (κ2) is 16.5. The Bertz CT molecular complexity index is 2610. The van der Waals surface area contributed by atoms with Crippen LogP contribution in [-0.2, 0) is 53.6 Å². The molecule has 2 fully saturated rings. The molecule has 63 heavy (non-hydrogen) atoms. The Labute approximate surface area is 365 Å². The van der Waals surface area contributed by atoms with E-state index in [1.54, 1.807) is 9.80 Å². The van der Waals surface area contributed by atoms with Crippen LogP contribution in [0.4, 0.5) is 5.69 Å². The zero-order valence-electron chi connectivity index (χ0n) is 35.5. The summed E-state index contributed by atoms with van der Waals surface area (Å²) < 4.78 is 2.11. The number of hydrogen-bond acceptors (Lipinski definition) is 7. The summed E-state index contributed by atoms with van der Waals surface area (Å²) in [4.78, 5) is 90.3. The summed E-state index contributed by atoms with van der Waals surface area (Å²) in [5.41, 5.74) is 9.97. The number of carbonyl (C=O) groups excluding carboxylic acids is 6. The van der Waals surface area contributed by atoms with Gasteiger partial charge in [-0.05, 0) is 54.5 Å². The summed E-state index contributed by atoms with van der Waals surface area (Å²) in [6.07, 6.45) is 1.95. The van der Waals surface area contributed by atoms with E-state index in [2.05, 4.69) is 25.8 Å². The summed E-state index contributed by atoms with van der Waals surface area (Å²) in [5.74, 6) is -2.98. The summed E-state index contributed by atoms with van der Waals surface area (Å²) in [6, 6.07) is 28.0. The van der Waals surface area contributed by atoms with Gasteiger partial charge >= 0.3 is 0 Å². The third kappa shape index (κ3) is 7.31. The van der Waals surface area contributed by atoms with Crippen molar-refractivity contribution in [2.24, 2.45) is 11.7 Å². The lowest BCUT2D eigenvalue weighted by Gasteiger charge is -2.49. The normalized spacial score (nSPS) is 26.2. The maximum absolute atomic E-state index is 15.2. The van der Waals surface area contributed by atoms with Crippen LogP contribution in [0.25, 0.3) is 10.9 Å². The zero-order chi connectivity index (χ0) is 44.2. The topological polar surface area (TPSA) is 188 Å². The van der Waals surface area contributed by atoms with Gasteiger partial charge in [0.15, 0.2) is 0 Å². The highest BCUT2D eigenvalue weighted by atomic mass is 16.2. The maximum Gasteiger partial charge on any atom is 0.252 e. The molecule has 0 aliphatic carbocycles. The largest absolute Gasteiger partial charge is 0.343 e. The Morgan fingerprint density at radius 3 is 2.19 bits per heavy atom. The molecule has 4 aromatic carbocycles. The van der Waals surface area contributed by atoms with E-state index in [1.807, 2.05) is 129 Å².